The zero-order chi connectivity index (χ0) is 11.8. The molecule has 0 saturated heterocycles. The molecule has 0 fully saturated rings. The second-order valence-electron chi connectivity index (χ2n) is 4.46. The summed E-state index contributed by atoms with van der Waals surface area (Å²) in [4.78, 5) is 9.01. The number of para-hydroxylation sites is 1. The van der Waals surface area contributed by atoms with Gasteiger partial charge in [0.15, 0.2) is 5.82 Å². The minimum atomic E-state index is 0.857. The van der Waals surface area contributed by atoms with E-state index in [0.717, 1.165) is 12.5 Å². The zero-order valence-corrected chi connectivity index (χ0v) is 10.1. The largest absolute Gasteiger partial charge is 0.354 e. The van der Waals surface area contributed by atoms with Gasteiger partial charge in [-0.2, -0.15) is 0 Å². The summed E-state index contributed by atoms with van der Waals surface area (Å²) in [7, 11) is 2.10. The fourth-order valence-electron chi connectivity index (χ4n) is 2.20. The van der Waals surface area contributed by atoms with Crippen LogP contribution in [0.15, 0.2) is 42.6 Å². The van der Waals surface area contributed by atoms with Gasteiger partial charge in [-0.3, -0.25) is 0 Å². The first-order valence-electron chi connectivity index (χ1n) is 5.76. The highest BCUT2D eigenvalue weighted by Gasteiger charge is 2.25. The number of anilines is 3. The highest BCUT2D eigenvalue weighted by atomic mass is 15.4. The van der Waals surface area contributed by atoms with Gasteiger partial charge in [-0.25, -0.2) is 4.98 Å². The van der Waals surface area contributed by atoms with Crippen molar-refractivity contribution in [3.63, 3.8) is 0 Å². The molecule has 2 heterocycles. The molecule has 1 aliphatic heterocycles. The van der Waals surface area contributed by atoms with Gasteiger partial charge in [0, 0.05) is 18.9 Å². The molecule has 86 valence electrons. The molecule has 1 aromatic carbocycles. The number of fused-ring (bicyclic) bond motifs is 1. The number of nitrogens with zero attached hydrogens (tertiary/aromatic N) is 3. The van der Waals surface area contributed by atoms with Crippen molar-refractivity contribution in [1.82, 2.24) is 4.98 Å². The number of aromatic nitrogens is 1. The first-order chi connectivity index (χ1) is 8.25. The van der Waals surface area contributed by atoms with E-state index in [0.29, 0.717) is 0 Å². The van der Waals surface area contributed by atoms with Gasteiger partial charge < -0.3 is 9.80 Å². The summed E-state index contributed by atoms with van der Waals surface area (Å²) < 4.78 is 0. The van der Waals surface area contributed by atoms with Crippen LogP contribution in [-0.4, -0.2) is 18.7 Å². The van der Waals surface area contributed by atoms with Crippen LogP contribution < -0.4 is 9.80 Å². The number of hydrogen-bond acceptors (Lipinski definition) is 3. The zero-order valence-electron chi connectivity index (χ0n) is 10.1. The van der Waals surface area contributed by atoms with Crippen molar-refractivity contribution in [3.8, 4) is 0 Å². The third kappa shape index (κ3) is 1.64. The third-order valence-electron chi connectivity index (χ3n) is 3.07. The van der Waals surface area contributed by atoms with Gasteiger partial charge in [0.05, 0.1) is 12.4 Å². The topological polar surface area (TPSA) is 19.4 Å². The summed E-state index contributed by atoms with van der Waals surface area (Å²) in [6, 6.07) is 12.6. The van der Waals surface area contributed by atoms with E-state index in [9.17, 15) is 0 Å². The van der Waals surface area contributed by atoms with Gasteiger partial charge in [0.1, 0.15) is 0 Å². The molecule has 3 heteroatoms. The van der Waals surface area contributed by atoms with Crippen LogP contribution in [0.3, 0.4) is 0 Å². The summed E-state index contributed by atoms with van der Waals surface area (Å²) in [5, 5.41) is 0. The van der Waals surface area contributed by atoms with Crippen molar-refractivity contribution < 1.29 is 0 Å². The van der Waals surface area contributed by atoms with Crippen LogP contribution in [0.4, 0.5) is 17.2 Å². The van der Waals surface area contributed by atoms with Crippen LogP contribution in [0, 0.1) is 6.92 Å². The summed E-state index contributed by atoms with van der Waals surface area (Å²) in [6.45, 7) is 2.93. The van der Waals surface area contributed by atoms with Crippen LogP contribution in [-0.2, 0) is 0 Å². The van der Waals surface area contributed by atoms with Gasteiger partial charge >= 0.3 is 0 Å². The maximum absolute atomic E-state index is 4.55. The molecule has 0 atom stereocenters. The molecule has 3 rings (SSSR count). The highest BCUT2D eigenvalue weighted by Crippen LogP contribution is 2.37. The molecule has 0 spiro atoms. The van der Waals surface area contributed by atoms with Gasteiger partial charge in [-0.1, -0.05) is 18.2 Å². The van der Waals surface area contributed by atoms with Crippen molar-refractivity contribution in [2.75, 3.05) is 23.5 Å². The maximum Gasteiger partial charge on any atom is 0.158 e. The first-order valence-corrected chi connectivity index (χ1v) is 5.76. The minimum Gasteiger partial charge on any atom is -0.354 e. The lowest BCUT2D eigenvalue weighted by atomic mass is 10.2. The van der Waals surface area contributed by atoms with Crippen LogP contribution in [0.2, 0.25) is 0 Å². The van der Waals surface area contributed by atoms with Crippen LogP contribution in [0.1, 0.15) is 5.56 Å². The molecule has 0 unspecified atom stereocenters. The Hall–Kier alpha value is -2.03. The van der Waals surface area contributed by atoms with Crippen molar-refractivity contribution in [2.24, 2.45) is 0 Å². The number of hydrogen-bond donors (Lipinski definition) is 0. The molecule has 2 aromatic rings. The van der Waals surface area contributed by atoms with Gasteiger partial charge in [-0.15, -0.1) is 0 Å². The predicted octanol–water partition coefficient (Wildman–Crippen LogP) is 2.94. The average Bonchev–Trinajstić information content (AvgIpc) is 2.68. The Bertz CT molecular complexity index is 536. The first kappa shape index (κ1) is 10.1. The Kier molecular flexibility index (Phi) is 2.25. The summed E-state index contributed by atoms with van der Waals surface area (Å²) in [6.07, 6.45) is 1.92. The number of aryl methyl sites for hydroxylation is 1. The number of rotatable bonds is 1. The van der Waals surface area contributed by atoms with E-state index in [4.69, 9.17) is 0 Å². The average molecular weight is 225 g/mol. The maximum atomic E-state index is 4.55. The quantitative estimate of drug-likeness (QED) is 0.744. The van der Waals surface area contributed by atoms with E-state index in [-0.39, 0.29) is 0 Å². The minimum absolute atomic E-state index is 0.857. The molecule has 1 aliphatic rings. The van der Waals surface area contributed by atoms with E-state index in [1.807, 2.05) is 12.3 Å². The van der Waals surface area contributed by atoms with E-state index < -0.39 is 0 Å². The molecule has 0 saturated carbocycles. The number of pyridine rings is 1. The Labute approximate surface area is 101 Å². The molecule has 0 N–H and O–H groups in total. The third-order valence-corrected chi connectivity index (χ3v) is 3.07. The standard InChI is InChI=1S/C14H15N3/c1-11-8-13-14(15-9-11)17(10-16(13)2)12-6-4-3-5-7-12/h3-9H,10H2,1-2H3. The second kappa shape index (κ2) is 3.77. The lowest BCUT2D eigenvalue weighted by Gasteiger charge is -2.18. The summed E-state index contributed by atoms with van der Waals surface area (Å²) >= 11 is 0. The van der Waals surface area contributed by atoms with Gasteiger partial charge in [0.2, 0.25) is 0 Å². The number of benzene rings is 1. The Morgan fingerprint density at radius 2 is 1.94 bits per heavy atom. The fourth-order valence-corrected chi connectivity index (χ4v) is 2.20. The van der Waals surface area contributed by atoms with E-state index in [1.165, 1.54) is 16.9 Å². The monoisotopic (exact) mass is 225 g/mol. The Morgan fingerprint density at radius 1 is 1.18 bits per heavy atom. The summed E-state index contributed by atoms with van der Waals surface area (Å²) in [5.41, 5.74) is 3.59. The van der Waals surface area contributed by atoms with Crippen molar-refractivity contribution in [2.45, 2.75) is 6.92 Å². The predicted molar refractivity (Wildman–Crippen MR) is 70.8 cm³/mol. The lowest BCUT2D eigenvalue weighted by molar-refractivity contribution is 0.944. The molecule has 0 amide bonds. The van der Waals surface area contributed by atoms with Crippen molar-refractivity contribution in [3.05, 3.63) is 48.2 Å². The van der Waals surface area contributed by atoms with Gasteiger partial charge in [-0.05, 0) is 30.7 Å². The van der Waals surface area contributed by atoms with E-state index >= 15 is 0 Å². The molecular formula is C14H15N3. The van der Waals surface area contributed by atoms with E-state index in [2.05, 4.69) is 59.1 Å². The SMILES string of the molecule is Cc1cnc2c(c1)N(C)CN2c1ccccc1. The molecule has 0 aliphatic carbocycles. The second-order valence-corrected chi connectivity index (χ2v) is 4.46. The Morgan fingerprint density at radius 3 is 2.71 bits per heavy atom. The Balaban J connectivity index is 2.08. The van der Waals surface area contributed by atoms with Crippen LogP contribution in [0.5, 0.6) is 0 Å². The molecule has 17 heavy (non-hydrogen) atoms. The molecule has 3 nitrogen and oxygen atoms in total. The normalized spacial score (nSPS) is 14.0. The molecule has 0 radical (unpaired) electrons. The molecule has 0 bridgehead atoms. The molecular weight excluding hydrogens is 210 g/mol. The summed E-state index contributed by atoms with van der Waals surface area (Å²) in [5.74, 6) is 1.05. The lowest BCUT2D eigenvalue weighted by Crippen LogP contribution is -2.24. The fraction of sp³-hybridized carbons (Fsp3) is 0.214. The van der Waals surface area contributed by atoms with Crippen molar-refractivity contribution in [1.29, 1.82) is 0 Å². The molecule has 1 aromatic heterocycles. The highest BCUT2D eigenvalue weighted by molar-refractivity contribution is 5.79. The van der Waals surface area contributed by atoms with Crippen LogP contribution in [0.25, 0.3) is 0 Å². The smallest absolute Gasteiger partial charge is 0.158 e. The van der Waals surface area contributed by atoms with Crippen molar-refractivity contribution >= 4 is 17.2 Å². The van der Waals surface area contributed by atoms with E-state index in [1.54, 1.807) is 0 Å². The van der Waals surface area contributed by atoms with Gasteiger partial charge in [0.25, 0.3) is 0 Å². The van der Waals surface area contributed by atoms with Crippen LogP contribution >= 0.6 is 0 Å².